The van der Waals surface area contributed by atoms with Crippen LogP contribution in [0.15, 0.2) is 90.0 Å². The fourth-order valence-corrected chi connectivity index (χ4v) is 4.44. The minimum absolute atomic E-state index is 0.123. The Kier molecular flexibility index (Phi) is 5.99. The van der Waals surface area contributed by atoms with Gasteiger partial charge >= 0.3 is 0 Å². The quantitative estimate of drug-likeness (QED) is 0.183. The van der Waals surface area contributed by atoms with Gasteiger partial charge in [0.25, 0.3) is 16.8 Å². The molecule has 1 fully saturated rings. The number of carbonyl (C=O) groups is 2. The number of benzene rings is 3. The molecule has 9 heteroatoms. The third-order valence-electron chi connectivity index (χ3n) is 5.36. The van der Waals surface area contributed by atoms with Crippen LogP contribution in [0.1, 0.15) is 11.1 Å². The summed E-state index contributed by atoms with van der Waals surface area (Å²) < 4.78 is 5.60. The molecule has 5 rings (SSSR count). The molecule has 1 saturated heterocycles. The molecule has 2 heterocycles. The van der Waals surface area contributed by atoms with Crippen LogP contribution in [0.25, 0.3) is 16.8 Å². The van der Waals surface area contributed by atoms with Crippen LogP contribution in [0, 0.1) is 10.1 Å². The van der Waals surface area contributed by atoms with Crippen molar-refractivity contribution in [1.29, 1.82) is 0 Å². The second kappa shape index (κ2) is 9.40. The third kappa shape index (κ3) is 4.90. The molecule has 2 amide bonds. The van der Waals surface area contributed by atoms with Gasteiger partial charge in [0.15, 0.2) is 0 Å². The van der Waals surface area contributed by atoms with Crippen LogP contribution in [-0.4, -0.2) is 26.0 Å². The molecule has 0 unspecified atom stereocenters. The Bertz CT molecular complexity index is 1480. The molecule has 0 aliphatic carbocycles. The van der Waals surface area contributed by atoms with Crippen molar-refractivity contribution in [2.24, 2.45) is 0 Å². The molecule has 0 spiro atoms. The minimum atomic E-state index is -0.533. The van der Waals surface area contributed by atoms with Crippen LogP contribution < -0.4 is 4.74 Å². The first-order valence-corrected chi connectivity index (χ1v) is 11.4. The largest absolute Gasteiger partial charge is 0.439 e. The van der Waals surface area contributed by atoms with Crippen molar-refractivity contribution in [3.8, 4) is 11.6 Å². The summed E-state index contributed by atoms with van der Waals surface area (Å²) in [6.45, 7) is 0.210. The normalized spacial score (nSPS) is 14.6. The Hall–Kier alpha value is -4.50. The Labute approximate surface area is 204 Å². The number of rotatable bonds is 6. The van der Waals surface area contributed by atoms with Crippen LogP contribution in [0.5, 0.6) is 11.6 Å². The number of carbonyl (C=O) groups excluding carboxylic acids is 2. The second-order valence-corrected chi connectivity index (χ2v) is 8.73. The number of aromatic nitrogens is 1. The van der Waals surface area contributed by atoms with Gasteiger partial charge in [-0.05, 0) is 57.9 Å². The van der Waals surface area contributed by atoms with Gasteiger partial charge in [0.05, 0.1) is 16.4 Å². The highest BCUT2D eigenvalue weighted by Crippen LogP contribution is 2.34. The molecule has 1 aliphatic heterocycles. The third-order valence-corrected chi connectivity index (χ3v) is 6.27. The lowest BCUT2D eigenvalue weighted by atomic mass is 10.1. The molecule has 0 bridgehead atoms. The van der Waals surface area contributed by atoms with Gasteiger partial charge in [0.2, 0.25) is 5.88 Å². The number of nitrogens with zero attached hydrogens (tertiary/aromatic N) is 3. The van der Waals surface area contributed by atoms with E-state index in [0.717, 1.165) is 39.9 Å². The summed E-state index contributed by atoms with van der Waals surface area (Å²) in [5.41, 5.74) is 1.49. The van der Waals surface area contributed by atoms with E-state index in [4.69, 9.17) is 4.74 Å². The maximum Gasteiger partial charge on any atom is 0.293 e. The van der Waals surface area contributed by atoms with Gasteiger partial charge in [0, 0.05) is 12.1 Å². The fourth-order valence-electron chi connectivity index (χ4n) is 3.60. The predicted octanol–water partition coefficient (Wildman–Crippen LogP) is 6.17. The van der Waals surface area contributed by atoms with Crippen LogP contribution in [-0.2, 0) is 11.3 Å². The summed E-state index contributed by atoms with van der Waals surface area (Å²) in [7, 11) is 0. The number of pyridine rings is 1. The molecule has 35 heavy (non-hydrogen) atoms. The highest BCUT2D eigenvalue weighted by molar-refractivity contribution is 8.18. The standard InChI is InChI=1S/C26H17N3O5S/c30-25-23(35-26(31)28(25)16-18-5-8-19-3-1-2-4-20(19)13-18)14-17-6-10-22(11-7-17)34-24-12-9-21(15-27-24)29(32)33/h1-15H,16H2/b23-14-. The van der Waals surface area contributed by atoms with Crippen LogP contribution in [0.2, 0.25) is 0 Å². The summed E-state index contributed by atoms with van der Waals surface area (Å²) in [6, 6.07) is 23.4. The number of amides is 2. The predicted molar refractivity (Wildman–Crippen MR) is 133 cm³/mol. The fraction of sp³-hybridized carbons (Fsp3) is 0.0385. The molecular weight excluding hydrogens is 466 g/mol. The van der Waals surface area contributed by atoms with Crippen molar-refractivity contribution in [1.82, 2.24) is 9.88 Å². The highest BCUT2D eigenvalue weighted by atomic mass is 32.2. The lowest BCUT2D eigenvalue weighted by molar-refractivity contribution is -0.385. The van der Waals surface area contributed by atoms with E-state index in [1.165, 1.54) is 17.0 Å². The van der Waals surface area contributed by atoms with Crippen LogP contribution in [0.4, 0.5) is 10.5 Å². The van der Waals surface area contributed by atoms with E-state index in [9.17, 15) is 19.7 Å². The zero-order chi connectivity index (χ0) is 24.4. The molecule has 8 nitrogen and oxygen atoms in total. The van der Waals surface area contributed by atoms with Crippen LogP contribution >= 0.6 is 11.8 Å². The average Bonchev–Trinajstić information content (AvgIpc) is 3.12. The molecule has 3 aromatic carbocycles. The molecule has 0 radical (unpaired) electrons. The van der Waals surface area contributed by atoms with E-state index in [0.29, 0.717) is 10.7 Å². The molecule has 1 aliphatic rings. The first-order chi connectivity index (χ1) is 17.0. The highest BCUT2D eigenvalue weighted by Gasteiger charge is 2.35. The minimum Gasteiger partial charge on any atom is -0.439 e. The van der Waals surface area contributed by atoms with E-state index in [1.807, 2.05) is 42.5 Å². The monoisotopic (exact) mass is 483 g/mol. The smallest absolute Gasteiger partial charge is 0.293 e. The zero-order valence-corrected chi connectivity index (χ0v) is 19.0. The summed E-state index contributed by atoms with van der Waals surface area (Å²) in [5.74, 6) is 0.370. The van der Waals surface area contributed by atoms with E-state index < -0.39 is 4.92 Å². The maximum absolute atomic E-state index is 12.9. The number of ether oxygens (including phenoxy) is 1. The van der Waals surface area contributed by atoms with Crippen molar-refractivity contribution in [3.63, 3.8) is 0 Å². The number of thioether (sulfide) groups is 1. The summed E-state index contributed by atoms with van der Waals surface area (Å²) in [5, 5.41) is 12.6. The van der Waals surface area contributed by atoms with Gasteiger partial charge in [-0.25, -0.2) is 4.98 Å². The number of nitro groups is 1. The average molecular weight is 484 g/mol. The first kappa shape index (κ1) is 22.3. The molecule has 0 saturated carbocycles. The number of fused-ring (bicyclic) bond motifs is 1. The Morgan fingerprint density at radius 1 is 0.971 bits per heavy atom. The molecule has 1 aromatic heterocycles. The molecular formula is C26H17N3O5S. The summed E-state index contributed by atoms with van der Waals surface area (Å²) >= 11 is 0.912. The van der Waals surface area contributed by atoms with Gasteiger partial charge in [-0.15, -0.1) is 0 Å². The van der Waals surface area contributed by atoms with Crippen molar-refractivity contribution in [3.05, 3.63) is 111 Å². The van der Waals surface area contributed by atoms with Gasteiger partial charge in [-0.3, -0.25) is 24.6 Å². The lowest BCUT2D eigenvalue weighted by Gasteiger charge is -2.13. The number of hydrogen-bond donors (Lipinski definition) is 0. The summed E-state index contributed by atoms with van der Waals surface area (Å²) in [4.78, 5) is 41.1. The Balaban J connectivity index is 1.27. The molecule has 172 valence electrons. The van der Waals surface area contributed by atoms with Crippen molar-refractivity contribution in [2.75, 3.05) is 0 Å². The topological polar surface area (TPSA) is 103 Å². The molecule has 0 N–H and O–H groups in total. The van der Waals surface area contributed by atoms with Crippen molar-refractivity contribution >= 4 is 45.4 Å². The van der Waals surface area contributed by atoms with E-state index in [-0.39, 0.29) is 29.3 Å². The van der Waals surface area contributed by atoms with Crippen LogP contribution in [0.3, 0.4) is 0 Å². The van der Waals surface area contributed by atoms with E-state index in [2.05, 4.69) is 4.98 Å². The SMILES string of the molecule is O=C1S/C(=C\c2ccc(Oc3ccc([N+](=O)[O-])cn3)cc2)C(=O)N1Cc1ccc2ccccc2c1. The number of imide groups is 1. The van der Waals surface area contributed by atoms with Gasteiger partial charge in [-0.1, -0.05) is 48.5 Å². The number of hydrogen-bond acceptors (Lipinski definition) is 7. The molecule has 0 atom stereocenters. The van der Waals surface area contributed by atoms with Crippen molar-refractivity contribution < 1.29 is 19.2 Å². The second-order valence-electron chi connectivity index (χ2n) is 7.73. The van der Waals surface area contributed by atoms with Gasteiger partial charge in [-0.2, -0.15) is 0 Å². The van der Waals surface area contributed by atoms with Gasteiger partial charge in [0.1, 0.15) is 11.9 Å². The van der Waals surface area contributed by atoms with Gasteiger partial charge < -0.3 is 4.74 Å². The van der Waals surface area contributed by atoms with E-state index in [1.54, 1.807) is 30.3 Å². The maximum atomic E-state index is 12.9. The lowest BCUT2D eigenvalue weighted by Crippen LogP contribution is -2.27. The summed E-state index contributed by atoms with van der Waals surface area (Å²) in [6.07, 6.45) is 2.79. The molecule has 4 aromatic rings. The Morgan fingerprint density at radius 3 is 2.46 bits per heavy atom. The van der Waals surface area contributed by atoms with E-state index >= 15 is 0 Å². The first-order valence-electron chi connectivity index (χ1n) is 10.6. The van der Waals surface area contributed by atoms with Crippen molar-refractivity contribution in [2.45, 2.75) is 6.54 Å². The Morgan fingerprint density at radius 2 is 1.74 bits per heavy atom. The zero-order valence-electron chi connectivity index (χ0n) is 18.2.